The predicted molar refractivity (Wildman–Crippen MR) is 135 cm³/mol. The topological polar surface area (TPSA) is 95.6 Å². The normalized spacial score (nSPS) is 15.1. The van der Waals surface area contributed by atoms with Crippen LogP contribution in [0.4, 0.5) is 11.4 Å². The van der Waals surface area contributed by atoms with Crippen LogP contribution in [0.3, 0.4) is 0 Å². The van der Waals surface area contributed by atoms with Crippen molar-refractivity contribution >= 4 is 44.5 Å². The minimum absolute atomic E-state index is 0.126. The van der Waals surface area contributed by atoms with Gasteiger partial charge in [-0.05, 0) is 85.7 Å². The first-order valence-corrected chi connectivity index (χ1v) is 13.4. The molecule has 1 fully saturated rings. The Hall–Kier alpha value is -3.01. The van der Waals surface area contributed by atoms with Gasteiger partial charge >= 0.3 is 0 Å². The maximum Gasteiger partial charge on any atom is 0.265 e. The van der Waals surface area contributed by atoms with Gasteiger partial charge in [0.1, 0.15) is 0 Å². The Morgan fingerprint density at radius 2 is 1.56 bits per heavy atom. The van der Waals surface area contributed by atoms with Crippen LogP contribution in [0.5, 0.6) is 0 Å². The number of hydrogen-bond donors (Lipinski definition) is 2. The van der Waals surface area contributed by atoms with Gasteiger partial charge in [-0.15, -0.1) is 11.3 Å². The van der Waals surface area contributed by atoms with Gasteiger partial charge in [0, 0.05) is 30.4 Å². The Morgan fingerprint density at radius 3 is 2.15 bits per heavy atom. The molecule has 2 N–H and O–H groups in total. The average Bonchev–Trinajstić information content (AvgIpc) is 3.37. The molecule has 2 aromatic carbocycles. The van der Waals surface area contributed by atoms with E-state index in [9.17, 15) is 18.0 Å². The highest BCUT2D eigenvalue weighted by molar-refractivity contribution is 7.89. The second kappa shape index (κ2) is 10.1. The number of rotatable bonds is 6. The van der Waals surface area contributed by atoms with E-state index in [4.69, 9.17) is 0 Å². The van der Waals surface area contributed by atoms with Gasteiger partial charge in [-0.3, -0.25) is 9.59 Å². The lowest BCUT2D eigenvalue weighted by Gasteiger charge is -2.30. The molecule has 1 aliphatic heterocycles. The van der Waals surface area contributed by atoms with Crippen LogP contribution in [0.1, 0.15) is 33.6 Å². The number of sulfonamides is 1. The van der Waals surface area contributed by atoms with Gasteiger partial charge in [0.2, 0.25) is 15.9 Å². The van der Waals surface area contributed by atoms with E-state index in [1.807, 2.05) is 31.4 Å². The lowest BCUT2D eigenvalue weighted by Crippen LogP contribution is -2.41. The van der Waals surface area contributed by atoms with E-state index < -0.39 is 10.0 Å². The molecule has 4 rings (SSSR count). The third kappa shape index (κ3) is 5.38. The highest BCUT2D eigenvalue weighted by Gasteiger charge is 2.32. The summed E-state index contributed by atoms with van der Waals surface area (Å²) in [6, 6.07) is 15.7. The molecule has 0 unspecified atom stereocenters. The van der Waals surface area contributed by atoms with Gasteiger partial charge in [0.15, 0.2) is 0 Å². The summed E-state index contributed by atoms with van der Waals surface area (Å²) < 4.78 is 27.5. The van der Waals surface area contributed by atoms with Crippen LogP contribution in [0.2, 0.25) is 0 Å². The van der Waals surface area contributed by atoms with Gasteiger partial charge in [-0.25, -0.2) is 8.42 Å². The highest BCUT2D eigenvalue weighted by Crippen LogP contribution is 2.26. The van der Waals surface area contributed by atoms with E-state index in [1.54, 1.807) is 42.5 Å². The first-order valence-electron chi connectivity index (χ1n) is 11.1. The number of anilines is 2. The van der Waals surface area contributed by atoms with Crippen molar-refractivity contribution < 1.29 is 18.0 Å². The molecule has 0 saturated carbocycles. The van der Waals surface area contributed by atoms with E-state index in [0.717, 1.165) is 11.1 Å². The molecule has 34 heavy (non-hydrogen) atoms. The van der Waals surface area contributed by atoms with Crippen LogP contribution in [0.25, 0.3) is 0 Å². The standard InChI is InChI=1S/C25H27N3O4S2/c1-17-5-10-22(16-18(17)2)34(31,32)28-13-11-19(12-14-28)24(29)26-20-6-8-21(9-7-20)27-25(30)23-4-3-15-33-23/h3-10,15-16,19H,11-14H2,1-2H3,(H,26,29)(H,27,30). The Labute approximate surface area is 203 Å². The number of thiophene rings is 1. The smallest absolute Gasteiger partial charge is 0.265 e. The van der Waals surface area contributed by atoms with E-state index in [-0.39, 0.29) is 17.7 Å². The molecule has 0 aliphatic carbocycles. The SMILES string of the molecule is Cc1ccc(S(=O)(=O)N2CCC(C(=O)Nc3ccc(NC(=O)c4cccs4)cc3)CC2)cc1C. The molecule has 0 bridgehead atoms. The second-order valence-corrected chi connectivity index (χ2v) is 11.3. The maximum atomic E-state index is 13.0. The van der Waals surface area contributed by atoms with E-state index in [1.165, 1.54) is 15.6 Å². The number of amides is 2. The number of hydrogen-bond acceptors (Lipinski definition) is 5. The fourth-order valence-electron chi connectivity index (χ4n) is 3.86. The van der Waals surface area contributed by atoms with Crippen molar-refractivity contribution in [2.75, 3.05) is 23.7 Å². The van der Waals surface area contributed by atoms with Crippen molar-refractivity contribution in [1.29, 1.82) is 0 Å². The van der Waals surface area contributed by atoms with E-state index in [0.29, 0.717) is 47.1 Å². The molecule has 7 nitrogen and oxygen atoms in total. The zero-order valence-corrected chi connectivity index (χ0v) is 20.7. The van der Waals surface area contributed by atoms with Gasteiger partial charge in [-0.2, -0.15) is 4.31 Å². The average molecular weight is 498 g/mol. The fourth-order valence-corrected chi connectivity index (χ4v) is 6.04. The van der Waals surface area contributed by atoms with Crippen molar-refractivity contribution in [3.05, 3.63) is 76.0 Å². The summed E-state index contributed by atoms with van der Waals surface area (Å²) in [4.78, 5) is 25.8. The Bertz CT molecular complexity index is 1280. The van der Waals surface area contributed by atoms with E-state index in [2.05, 4.69) is 10.6 Å². The fraction of sp³-hybridized carbons (Fsp3) is 0.280. The quantitative estimate of drug-likeness (QED) is 0.518. The third-order valence-electron chi connectivity index (χ3n) is 6.10. The van der Waals surface area contributed by atoms with Gasteiger partial charge < -0.3 is 10.6 Å². The minimum Gasteiger partial charge on any atom is -0.326 e. The molecule has 9 heteroatoms. The Morgan fingerprint density at radius 1 is 0.912 bits per heavy atom. The Balaban J connectivity index is 1.31. The highest BCUT2D eigenvalue weighted by atomic mass is 32.2. The first-order chi connectivity index (χ1) is 16.2. The molecule has 1 aliphatic rings. The van der Waals surface area contributed by atoms with Crippen LogP contribution in [0, 0.1) is 19.8 Å². The summed E-state index contributed by atoms with van der Waals surface area (Å²) in [5.41, 5.74) is 3.25. The van der Waals surface area contributed by atoms with Crippen molar-refractivity contribution in [2.45, 2.75) is 31.6 Å². The van der Waals surface area contributed by atoms with Crippen LogP contribution >= 0.6 is 11.3 Å². The largest absolute Gasteiger partial charge is 0.326 e. The van der Waals surface area contributed by atoms with Crippen LogP contribution in [0.15, 0.2) is 64.9 Å². The summed E-state index contributed by atoms with van der Waals surface area (Å²) >= 11 is 1.37. The molecular weight excluding hydrogens is 470 g/mol. The van der Waals surface area contributed by atoms with Crippen LogP contribution < -0.4 is 10.6 Å². The molecule has 178 valence electrons. The summed E-state index contributed by atoms with van der Waals surface area (Å²) in [7, 11) is -3.57. The number of carbonyl (C=O) groups excluding carboxylic acids is 2. The number of aryl methyl sites for hydroxylation is 2. The number of nitrogens with one attached hydrogen (secondary N) is 2. The zero-order valence-electron chi connectivity index (χ0n) is 19.1. The third-order valence-corrected chi connectivity index (χ3v) is 8.86. The maximum absolute atomic E-state index is 13.0. The van der Waals surface area contributed by atoms with Crippen LogP contribution in [-0.2, 0) is 14.8 Å². The van der Waals surface area contributed by atoms with E-state index >= 15 is 0 Å². The second-order valence-electron chi connectivity index (χ2n) is 8.42. The molecule has 2 heterocycles. The number of nitrogens with zero attached hydrogens (tertiary/aromatic N) is 1. The minimum atomic E-state index is -3.57. The number of benzene rings is 2. The summed E-state index contributed by atoms with van der Waals surface area (Å²) in [6.45, 7) is 4.46. The van der Waals surface area contributed by atoms with Crippen molar-refractivity contribution in [3.63, 3.8) is 0 Å². The lowest BCUT2D eigenvalue weighted by molar-refractivity contribution is -0.120. The van der Waals surface area contributed by atoms with Crippen LogP contribution in [-0.4, -0.2) is 37.6 Å². The molecule has 0 spiro atoms. The Kier molecular flexibility index (Phi) is 7.16. The monoisotopic (exact) mass is 497 g/mol. The molecule has 0 atom stereocenters. The summed E-state index contributed by atoms with van der Waals surface area (Å²) in [5.74, 6) is -0.558. The van der Waals surface area contributed by atoms with Crippen molar-refractivity contribution in [1.82, 2.24) is 4.31 Å². The molecule has 3 aromatic rings. The first kappa shape index (κ1) is 24.1. The zero-order chi connectivity index (χ0) is 24.3. The van der Waals surface area contributed by atoms with Gasteiger partial charge in [-0.1, -0.05) is 12.1 Å². The molecular formula is C25H27N3O4S2. The summed E-state index contributed by atoms with van der Waals surface area (Å²) in [6.07, 6.45) is 0.926. The summed E-state index contributed by atoms with van der Waals surface area (Å²) in [5, 5.41) is 7.57. The van der Waals surface area contributed by atoms with Crippen molar-refractivity contribution in [3.8, 4) is 0 Å². The van der Waals surface area contributed by atoms with Crippen molar-refractivity contribution in [2.24, 2.45) is 5.92 Å². The molecule has 1 aromatic heterocycles. The number of carbonyl (C=O) groups is 2. The molecule has 1 saturated heterocycles. The number of piperidine rings is 1. The van der Waals surface area contributed by atoms with Gasteiger partial charge in [0.05, 0.1) is 9.77 Å². The molecule has 0 radical (unpaired) electrons. The predicted octanol–water partition coefficient (Wildman–Crippen LogP) is 4.66. The van der Waals surface area contributed by atoms with Gasteiger partial charge in [0.25, 0.3) is 5.91 Å². The lowest BCUT2D eigenvalue weighted by atomic mass is 9.97. The molecule has 2 amide bonds.